The first-order chi connectivity index (χ1) is 7.56. The molecule has 0 aromatic rings. The summed E-state index contributed by atoms with van der Waals surface area (Å²) in [5, 5.41) is 0.0696. The van der Waals surface area contributed by atoms with Crippen LogP contribution in [0.25, 0.3) is 0 Å². The van der Waals surface area contributed by atoms with Crippen LogP contribution in [0.2, 0.25) is 10.6 Å². The lowest BCUT2D eigenvalue weighted by atomic mass is 9.82. The molecule has 0 saturated heterocycles. The topological polar surface area (TPSA) is 18.5 Å². The van der Waals surface area contributed by atoms with E-state index in [0.717, 1.165) is 13.2 Å². The van der Waals surface area contributed by atoms with Crippen molar-refractivity contribution in [3.05, 3.63) is 0 Å². The molecule has 2 nitrogen and oxygen atoms in total. The lowest BCUT2D eigenvalue weighted by Gasteiger charge is -2.52. The third-order valence-electron chi connectivity index (χ3n) is 4.22. The minimum Gasteiger partial charge on any atom is -0.394 e. The predicted octanol–water partition coefficient (Wildman–Crippen LogP) is 4.74. The molecule has 17 heavy (non-hydrogen) atoms. The van der Waals surface area contributed by atoms with Gasteiger partial charge in [-0.25, -0.2) is 0 Å². The second kappa shape index (κ2) is 5.85. The summed E-state index contributed by atoms with van der Waals surface area (Å²) in [4.78, 5) is 0. The van der Waals surface area contributed by atoms with E-state index < -0.39 is 8.56 Å². The van der Waals surface area contributed by atoms with Gasteiger partial charge in [0.05, 0.1) is 0 Å². The Bertz CT molecular complexity index is 223. The standard InChI is InChI=1S/C14H32O2Si/c1-10-15-17(12(3)4,16-11-2)14(8,9)13(5,6)7/h12H,10-11H2,1-9H3. The molecular formula is C14H32O2Si. The quantitative estimate of drug-likeness (QED) is 0.642. The van der Waals surface area contributed by atoms with E-state index in [1.165, 1.54) is 0 Å². The van der Waals surface area contributed by atoms with Crippen molar-refractivity contribution in [2.75, 3.05) is 13.2 Å². The summed E-state index contributed by atoms with van der Waals surface area (Å²) in [6.45, 7) is 21.6. The van der Waals surface area contributed by atoms with Crippen LogP contribution < -0.4 is 0 Å². The van der Waals surface area contributed by atoms with E-state index in [9.17, 15) is 0 Å². The highest BCUT2D eigenvalue weighted by Gasteiger charge is 2.59. The van der Waals surface area contributed by atoms with Gasteiger partial charge in [-0.3, -0.25) is 0 Å². The normalized spacial score (nSPS) is 14.5. The molecule has 0 rings (SSSR count). The molecule has 0 bridgehead atoms. The SMILES string of the molecule is CCO[Si](OCC)(C(C)C)C(C)(C)C(C)(C)C. The maximum absolute atomic E-state index is 6.24. The molecule has 0 unspecified atom stereocenters. The molecule has 104 valence electrons. The molecule has 0 N–H and O–H groups in total. The number of hydrogen-bond donors (Lipinski definition) is 0. The third kappa shape index (κ3) is 3.12. The van der Waals surface area contributed by atoms with Gasteiger partial charge in [0.2, 0.25) is 0 Å². The zero-order chi connectivity index (χ0) is 13.9. The van der Waals surface area contributed by atoms with E-state index in [1.54, 1.807) is 0 Å². The zero-order valence-electron chi connectivity index (χ0n) is 13.3. The molecule has 0 heterocycles. The molecule has 0 aliphatic heterocycles. The minimum atomic E-state index is -2.24. The van der Waals surface area contributed by atoms with Gasteiger partial charge in [0, 0.05) is 18.3 Å². The average Bonchev–Trinajstić information content (AvgIpc) is 2.14. The van der Waals surface area contributed by atoms with Crippen molar-refractivity contribution in [1.82, 2.24) is 0 Å². The Labute approximate surface area is 109 Å². The maximum atomic E-state index is 6.24. The molecule has 0 radical (unpaired) electrons. The zero-order valence-corrected chi connectivity index (χ0v) is 14.3. The summed E-state index contributed by atoms with van der Waals surface area (Å²) in [7, 11) is -2.24. The Kier molecular flexibility index (Phi) is 5.90. The third-order valence-corrected chi connectivity index (χ3v) is 9.67. The van der Waals surface area contributed by atoms with Crippen LogP contribution in [0.5, 0.6) is 0 Å². The molecule has 0 spiro atoms. The molecule has 0 aliphatic rings. The lowest BCUT2D eigenvalue weighted by Crippen LogP contribution is -2.58. The van der Waals surface area contributed by atoms with Gasteiger partial charge < -0.3 is 8.85 Å². The molecule has 0 aromatic carbocycles. The van der Waals surface area contributed by atoms with Crippen LogP contribution in [0.4, 0.5) is 0 Å². The van der Waals surface area contributed by atoms with Gasteiger partial charge in [0.1, 0.15) is 0 Å². The van der Waals surface area contributed by atoms with Crippen LogP contribution in [0.15, 0.2) is 0 Å². The summed E-state index contributed by atoms with van der Waals surface area (Å²) in [6, 6.07) is 0. The Morgan fingerprint density at radius 3 is 1.41 bits per heavy atom. The van der Waals surface area contributed by atoms with Crippen LogP contribution in [0.3, 0.4) is 0 Å². The second-order valence-electron chi connectivity index (χ2n) is 6.56. The second-order valence-corrected chi connectivity index (χ2v) is 10.9. The van der Waals surface area contributed by atoms with Crippen molar-refractivity contribution in [2.45, 2.75) is 72.9 Å². The van der Waals surface area contributed by atoms with Crippen LogP contribution in [-0.4, -0.2) is 21.8 Å². The fourth-order valence-corrected chi connectivity index (χ4v) is 7.23. The van der Waals surface area contributed by atoms with E-state index in [0.29, 0.717) is 5.54 Å². The van der Waals surface area contributed by atoms with E-state index in [1.807, 2.05) is 0 Å². The summed E-state index contributed by atoms with van der Waals surface area (Å²) in [5.41, 5.74) is 0.630. The molecule has 0 aliphatic carbocycles. The van der Waals surface area contributed by atoms with Gasteiger partial charge in [-0.1, -0.05) is 48.5 Å². The van der Waals surface area contributed by atoms with Crippen LogP contribution in [-0.2, 0) is 8.85 Å². The van der Waals surface area contributed by atoms with Gasteiger partial charge >= 0.3 is 8.56 Å². The van der Waals surface area contributed by atoms with E-state index in [4.69, 9.17) is 8.85 Å². The van der Waals surface area contributed by atoms with Gasteiger partial charge in [-0.15, -0.1) is 0 Å². The van der Waals surface area contributed by atoms with Gasteiger partial charge in [-0.05, 0) is 24.8 Å². The summed E-state index contributed by atoms with van der Waals surface area (Å²) in [5.74, 6) is 0. The first-order valence-corrected chi connectivity index (χ1v) is 8.74. The Morgan fingerprint density at radius 2 is 1.24 bits per heavy atom. The van der Waals surface area contributed by atoms with Gasteiger partial charge in [0.15, 0.2) is 0 Å². The molecule has 0 aromatic heterocycles. The highest BCUT2D eigenvalue weighted by Crippen LogP contribution is 2.56. The van der Waals surface area contributed by atoms with E-state index >= 15 is 0 Å². The van der Waals surface area contributed by atoms with Crippen molar-refractivity contribution < 1.29 is 8.85 Å². The molecule has 0 fully saturated rings. The average molecular weight is 260 g/mol. The molecule has 0 saturated carbocycles. The smallest absolute Gasteiger partial charge is 0.347 e. The highest BCUT2D eigenvalue weighted by atomic mass is 28.4. The molecule has 0 amide bonds. The highest BCUT2D eigenvalue weighted by molar-refractivity contribution is 6.72. The van der Waals surface area contributed by atoms with Crippen molar-refractivity contribution in [2.24, 2.45) is 5.41 Å². The Balaban J connectivity index is 5.56. The lowest BCUT2D eigenvalue weighted by molar-refractivity contribution is 0.114. The van der Waals surface area contributed by atoms with Crippen LogP contribution in [0.1, 0.15) is 62.3 Å². The maximum Gasteiger partial charge on any atom is 0.347 e. The summed E-state index contributed by atoms with van der Waals surface area (Å²) < 4.78 is 12.5. The van der Waals surface area contributed by atoms with Crippen molar-refractivity contribution >= 4 is 8.56 Å². The van der Waals surface area contributed by atoms with E-state index in [2.05, 4.69) is 62.3 Å². The largest absolute Gasteiger partial charge is 0.394 e. The van der Waals surface area contributed by atoms with Crippen molar-refractivity contribution in [1.29, 1.82) is 0 Å². The fraction of sp³-hybridized carbons (Fsp3) is 1.00. The molecule has 3 heteroatoms. The van der Waals surface area contributed by atoms with Crippen LogP contribution in [0, 0.1) is 5.41 Å². The fourth-order valence-electron chi connectivity index (χ4n) is 2.41. The Hall–Kier alpha value is 0.137. The molecular weight excluding hydrogens is 228 g/mol. The van der Waals surface area contributed by atoms with Gasteiger partial charge in [0.25, 0.3) is 0 Å². The first-order valence-electron chi connectivity index (χ1n) is 6.84. The first kappa shape index (κ1) is 17.1. The monoisotopic (exact) mass is 260 g/mol. The Morgan fingerprint density at radius 1 is 0.882 bits per heavy atom. The van der Waals surface area contributed by atoms with Gasteiger partial charge in [-0.2, -0.15) is 0 Å². The summed E-state index contributed by atoms with van der Waals surface area (Å²) in [6.07, 6.45) is 0. The van der Waals surface area contributed by atoms with Crippen molar-refractivity contribution in [3.8, 4) is 0 Å². The molecule has 0 atom stereocenters. The van der Waals surface area contributed by atoms with Crippen molar-refractivity contribution in [3.63, 3.8) is 0 Å². The summed E-state index contributed by atoms with van der Waals surface area (Å²) >= 11 is 0. The predicted molar refractivity (Wildman–Crippen MR) is 77.6 cm³/mol. The number of hydrogen-bond acceptors (Lipinski definition) is 2. The van der Waals surface area contributed by atoms with E-state index in [-0.39, 0.29) is 10.5 Å². The van der Waals surface area contributed by atoms with Crippen LogP contribution >= 0.6 is 0 Å². The minimum absolute atomic E-state index is 0.0696. The number of rotatable bonds is 6.